The fourth-order valence-electron chi connectivity index (χ4n) is 2.86. The molecular formula is C17H21N5O. The molecule has 1 fully saturated rings. The predicted octanol–water partition coefficient (Wildman–Crippen LogP) is 2.09. The van der Waals surface area contributed by atoms with Gasteiger partial charge in [-0.05, 0) is 44.9 Å². The molecule has 3 heterocycles. The van der Waals surface area contributed by atoms with Gasteiger partial charge in [0.05, 0.1) is 12.2 Å². The Balaban J connectivity index is 1.68. The maximum Gasteiger partial charge on any atom is 0.245 e. The normalized spacial score (nSPS) is 18.1. The van der Waals surface area contributed by atoms with E-state index in [1.165, 1.54) is 0 Å². The summed E-state index contributed by atoms with van der Waals surface area (Å²) in [6, 6.07) is 5.53. The summed E-state index contributed by atoms with van der Waals surface area (Å²) in [4.78, 5) is 27.2. The van der Waals surface area contributed by atoms with Gasteiger partial charge in [0.15, 0.2) is 0 Å². The Bertz CT molecular complexity index is 645. The highest BCUT2D eigenvalue weighted by Gasteiger charge is 2.28. The van der Waals surface area contributed by atoms with Crippen molar-refractivity contribution in [2.45, 2.75) is 39.3 Å². The molecule has 1 N–H and O–H groups in total. The number of carbonyl (C=O) groups is 1. The molecule has 3 rings (SSSR count). The molecule has 120 valence electrons. The summed E-state index contributed by atoms with van der Waals surface area (Å²) in [5.74, 6) is 0.857. The maximum absolute atomic E-state index is 12.7. The molecule has 1 aliphatic rings. The first-order chi connectivity index (χ1) is 11.1. The quantitative estimate of drug-likeness (QED) is 0.936. The van der Waals surface area contributed by atoms with Crippen molar-refractivity contribution in [1.29, 1.82) is 0 Å². The van der Waals surface area contributed by atoms with E-state index in [1.807, 2.05) is 36.9 Å². The number of hydrogen-bond acceptors (Lipinski definition) is 5. The highest BCUT2D eigenvalue weighted by atomic mass is 16.2. The standard InChI is InChI=1S/C17H21N5O/c1-12-10-14(5-7-18-12)21-16-4-3-9-22(17(16)23)11-15-6-8-19-13(2)20-15/h5-8,10,16H,3-4,9,11H2,1-2H3,(H,18,21). The molecule has 6 heteroatoms. The van der Waals surface area contributed by atoms with Gasteiger partial charge < -0.3 is 10.2 Å². The number of likely N-dealkylation sites (tertiary alicyclic amines) is 1. The van der Waals surface area contributed by atoms with Crippen LogP contribution in [0.2, 0.25) is 0 Å². The van der Waals surface area contributed by atoms with Crippen molar-refractivity contribution in [2.75, 3.05) is 11.9 Å². The Morgan fingerprint density at radius 1 is 1.26 bits per heavy atom. The number of hydrogen-bond donors (Lipinski definition) is 1. The molecule has 6 nitrogen and oxygen atoms in total. The topological polar surface area (TPSA) is 71.0 Å². The Morgan fingerprint density at radius 2 is 2.09 bits per heavy atom. The van der Waals surface area contributed by atoms with Crippen LogP contribution in [-0.4, -0.2) is 38.3 Å². The summed E-state index contributed by atoms with van der Waals surface area (Å²) in [6.07, 6.45) is 5.32. The van der Waals surface area contributed by atoms with E-state index in [0.717, 1.165) is 42.3 Å². The average molecular weight is 311 g/mol. The van der Waals surface area contributed by atoms with Crippen LogP contribution in [0.1, 0.15) is 30.1 Å². The first kappa shape index (κ1) is 15.4. The summed E-state index contributed by atoms with van der Waals surface area (Å²) in [7, 11) is 0. The number of anilines is 1. The fourth-order valence-corrected chi connectivity index (χ4v) is 2.86. The van der Waals surface area contributed by atoms with Crippen LogP contribution in [0.4, 0.5) is 5.69 Å². The zero-order chi connectivity index (χ0) is 16.2. The molecular weight excluding hydrogens is 290 g/mol. The molecule has 2 aromatic rings. The van der Waals surface area contributed by atoms with Gasteiger partial charge in [0.1, 0.15) is 11.9 Å². The van der Waals surface area contributed by atoms with Crippen molar-refractivity contribution in [2.24, 2.45) is 0 Å². The molecule has 0 spiro atoms. The van der Waals surface area contributed by atoms with Crippen LogP contribution < -0.4 is 5.32 Å². The fraction of sp³-hybridized carbons (Fsp3) is 0.412. The van der Waals surface area contributed by atoms with Gasteiger partial charge in [-0.3, -0.25) is 9.78 Å². The predicted molar refractivity (Wildman–Crippen MR) is 87.8 cm³/mol. The molecule has 1 aliphatic heterocycles. The number of amides is 1. The highest BCUT2D eigenvalue weighted by molar-refractivity contribution is 5.85. The van der Waals surface area contributed by atoms with Crippen molar-refractivity contribution in [3.63, 3.8) is 0 Å². The van der Waals surface area contributed by atoms with Gasteiger partial charge >= 0.3 is 0 Å². The minimum Gasteiger partial charge on any atom is -0.374 e. The number of nitrogens with one attached hydrogen (secondary N) is 1. The first-order valence-electron chi connectivity index (χ1n) is 7.88. The van der Waals surface area contributed by atoms with Gasteiger partial charge in [0, 0.05) is 30.3 Å². The molecule has 0 bridgehead atoms. The maximum atomic E-state index is 12.7. The van der Waals surface area contributed by atoms with Gasteiger partial charge in [-0.1, -0.05) is 0 Å². The zero-order valence-corrected chi connectivity index (χ0v) is 13.5. The summed E-state index contributed by atoms with van der Waals surface area (Å²) < 4.78 is 0. The monoisotopic (exact) mass is 311 g/mol. The van der Waals surface area contributed by atoms with E-state index in [9.17, 15) is 4.79 Å². The summed E-state index contributed by atoms with van der Waals surface area (Å²) in [5, 5.41) is 3.33. The van der Waals surface area contributed by atoms with Crippen LogP contribution >= 0.6 is 0 Å². The number of aromatic nitrogens is 3. The molecule has 1 amide bonds. The third-order valence-corrected chi connectivity index (χ3v) is 3.95. The van der Waals surface area contributed by atoms with Crippen LogP contribution in [0.3, 0.4) is 0 Å². The Hall–Kier alpha value is -2.50. The van der Waals surface area contributed by atoms with E-state index < -0.39 is 0 Å². The minimum absolute atomic E-state index is 0.127. The van der Waals surface area contributed by atoms with E-state index in [1.54, 1.807) is 12.4 Å². The van der Waals surface area contributed by atoms with Gasteiger partial charge in [0.25, 0.3) is 0 Å². The zero-order valence-electron chi connectivity index (χ0n) is 13.5. The van der Waals surface area contributed by atoms with Crippen molar-refractivity contribution in [3.8, 4) is 0 Å². The minimum atomic E-state index is -0.187. The number of nitrogens with zero attached hydrogens (tertiary/aromatic N) is 4. The molecule has 1 atom stereocenters. The van der Waals surface area contributed by atoms with Crippen LogP contribution in [-0.2, 0) is 11.3 Å². The number of pyridine rings is 1. The summed E-state index contributed by atoms with van der Waals surface area (Å²) in [6.45, 7) is 5.11. The average Bonchev–Trinajstić information content (AvgIpc) is 2.51. The molecule has 1 unspecified atom stereocenters. The van der Waals surface area contributed by atoms with E-state index in [-0.39, 0.29) is 11.9 Å². The second kappa shape index (κ2) is 6.73. The molecule has 0 radical (unpaired) electrons. The van der Waals surface area contributed by atoms with Gasteiger partial charge in [-0.25, -0.2) is 9.97 Å². The molecule has 2 aromatic heterocycles. The Kier molecular flexibility index (Phi) is 4.50. The number of carbonyl (C=O) groups excluding carboxylic acids is 1. The number of aryl methyl sites for hydroxylation is 2. The van der Waals surface area contributed by atoms with Crippen molar-refractivity contribution in [1.82, 2.24) is 19.9 Å². The van der Waals surface area contributed by atoms with Gasteiger partial charge in [-0.2, -0.15) is 0 Å². The lowest BCUT2D eigenvalue weighted by molar-refractivity contribution is -0.134. The van der Waals surface area contributed by atoms with E-state index in [2.05, 4.69) is 20.3 Å². The van der Waals surface area contributed by atoms with Crippen molar-refractivity contribution in [3.05, 3.63) is 47.8 Å². The summed E-state index contributed by atoms with van der Waals surface area (Å²) >= 11 is 0. The smallest absolute Gasteiger partial charge is 0.245 e. The molecule has 0 aliphatic carbocycles. The first-order valence-corrected chi connectivity index (χ1v) is 7.88. The molecule has 1 saturated heterocycles. The van der Waals surface area contributed by atoms with Crippen molar-refractivity contribution >= 4 is 11.6 Å². The van der Waals surface area contributed by atoms with E-state index >= 15 is 0 Å². The van der Waals surface area contributed by atoms with Crippen molar-refractivity contribution < 1.29 is 4.79 Å². The highest BCUT2D eigenvalue weighted by Crippen LogP contribution is 2.19. The SMILES string of the molecule is Cc1cc(NC2CCCN(Cc3ccnc(C)n3)C2=O)ccn1. The van der Waals surface area contributed by atoms with Crippen LogP contribution in [0.5, 0.6) is 0 Å². The third-order valence-electron chi connectivity index (χ3n) is 3.95. The second-order valence-corrected chi connectivity index (χ2v) is 5.88. The van der Waals surface area contributed by atoms with E-state index in [0.29, 0.717) is 6.54 Å². The third kappa shape index (κ3) is 3.83. The van der Waals surface area contributed by atoms with Crippen LogP contribution in [0, 0.1) is 13.8 Å². The molecule has 0 saturated carbocycles. The molecule has 0 aromatic carbocycles. The van der Waals surface area contributed by atoms with Gasteiger partial charge in [-0.15, -0.1) is 0 Å². The van der Waals surface area contributed by atoms with Gasteiger partial charge in [0.2, 0.25) is 5.91 Å². The van der Waals surface area contributed by atoms with Crippen LogP contribution in [0.25, 0.3) is 0 Å². The lowest BCUT2D eigenvalue weighted by Crippen LogP contribution is -2.47. The lowest BCUT2D eigenvalue weighted by atomic mass is 10.0. The molecule has 23 heavy (non-hydrogen) atoms. The Morgan fingerprint density at radius 3 is 2.87 bits per heavy atom. The number of rotatable bonds is 4. The second-order valence-electron chi connectivity index (χ2n) is 5.88. The lowest BCUT2D eigenvalue weighted by Gasteiger charge is -2.33. The van der Waals surface area contributed by atoms with Crippen LogP contribution in [0.15, 0.2) is 30.6 Å². The Labute approximate surface area is 136 Å². The van der Waals surface area contributed by atoms with E-state index in [4.69, 9.17) is 0 Å². The summed E-state index contributed by atoms with van der Waals surface area (Å²) in [5.41, 5.74) is 2.76. The number of piperidine rings is 1. The largest absolute Gasteiger partial charge is 0.374 e.